The Kier molecular flexibility index (Phi) is 3.74. The van der Waals surface area contributed by atoms with Crippen molar-refractivity contribution in [3.63, 3.8) is 0 Å². The van der Waals surface area contributed by atoms with E-state index in [1.54, 1.807) is 10.9 Å². The maximum atomic E-state index is 12.7. The van der Waals surface area contributed by atoms with Crippen molar-refractivity contribution in [1.29, 1.82) is 0 Å². The molecule has 0 aliphatic carbocycles. The summed E-state index contributed by atoms with van der Waals surface area (Å²) in [4.78, 5) is 17.1. The summed E-state index contributed by atoms with van der Waals surface area (Å²) < 4.78 is 3.46. The molecule has 0 amide bonds. The first-order valence-corrected chi connectivity index (χ1v) is 7.11. The third-order valence-corrected chi connectivity index (χ3v) is 3.67. The molecule has 0 bridgehead atoms. The molecule has 3 rings (SSSR count). The van der Waals surface area contributed by atoms with Crippen LogP contribution in [0.3, 0.4) is 0 Å². The van der Waals surface area contributed by atoms with Crippen LogP contribution >= 0.6 is 0 Å². The molecule has 110 valence electrons. The first-order valence-electron chi connectivity index (χ1n) is 7.11. The number of nitrogens with zero attached hydrogens (tertiary/aromatic N) is 3. The van der Waals surface area contributed by atoms with Crippen LogP contribution in [0.1, 0.15) is 11.3 Å². The van der Waals surface area contributed by atoms with Crippen molar-refractivity contribution in [2.45, 2.75) is 6.92 Å². The van der Waals surface area contributed by atoms with Crippen molar-refractivity contribution < 1.29 is 0 Å². The molecule has 22 heavy (non-hydrogen) atoms. The van der Waals surface area contributed by atoms with Gasteiger partial charge in [-0.25, -0.2) is 9.67 Å². The first kappa shape index (κ1) is 14.1. The number of rotatable bonds is 3. The van der Waals surface area contributed by atoms with Gasteiger partial charge in [-0.15, -0.1) is 0 Å². The number of benzene rings is 2. The lowest BCUT2D eigenvalue weighted by Crippen LogP contribution is -2.19. The maximum Gasteiger partial charge on any atom is 0.297 e. The second-order valence-electron chi connectivity index (χ2n) is 5.08. The standard InChI is InChI=1S/C18H17N3O/c1-14-17(19-13-15-9-5-3-6-10-15)18(22)21(20(14)2)16-11-7-4-8-12-16/h3-13H,1-2H3. The van der Waals surface area contributed by atoms with Crippen LogP contribution in [0.25, 0.3) is 5.69 Å². The number of para-hydroxylation sites is 1. The quantitative estimate of drug-likeness (QED) is 0.683. The van der Waals surface area contributed by atoms with Crippen LogP contribution in [0.15, 0.2) is 70.5 Å². The van der Waals surface area contributed by atoms with Crippen molar-refractivity contribution in [2.24, 2.45) is 12.0 Å². The molecule has 4 heteroatoms. The summed E-state index contributed by atoms with van der Waals surface area (Å²) in [7, 11) is 1.87. The lowest BCUT2D eigenvalue weighted by Gasteiger charge is -2.07. The lowest BCUT2D eigenvalue weighted by molar-refractivity contribution is 0.630. The summed E-state index contributed by atoms with van der Waals surface area (Å²) in [6, 6.07) is 19.3. The lowest BCUT2D eigenvalue weighted by atomic mass is 10.2. The van der Waals surface area contributed by atoms with Gasteiger partial charge in [0.2, 0.25) is 0 Å². The summed E-state index contributed by atoms with van der Waals surface area (Å²) in [5.74, 6) is 0. The van der Waals surface area contributed by atoms with Crippen LogP contribution in [0.4, 0.5) is 5.69 Å². The first-order chi connectivity index (χ1) is 10.7. The van der Waals surface area contributed by atoms with E-state index >= 15 is 0 Å². The molecule has 1 aromatic heterocycles. The van der Waals surface area contributed by atoms with Gasteiger partial charge in [0.25, 0.3) is 5.56 Å². The molecule has 4 nitrogen and oxygen atoms in total. The molecular weight excluding hydrogens is 274 g/mol. The minimum absolute atomic E-state index is 0.113. The van der Waals surface area contributed by atoms with E-state index in [1.807, 2.05) is 79.3 Å². The van der Waals surface area contributed by atoms with Gasteiger partial charge < -0.3 is 0 Å². The van der Waals surface area contributed by atoms with E-state index in [2.05, 4.69) is 4.99 Å². The van der Waals surface area contributed by atoms with Crippen LogP contribution in [-0.2, 0) is 7.05 Å². The van der Waals surface area contributed by atoms with Gasteiger partial charge in [0, 0.05) is 13.3 Å². The molecule has 3 aromatic rings. The summed E-state index contributed by atoms with van der Waals surface area (Å²) in [6.07, 6.45) is 1.72. The SMILES string of the molecule is Cc1c(N=Cc2ccccc2)c(=O)n(-c2ccccc2)n1C. The second kappa shape index (κ2) is 5.85. The number of aliphatic imine (C=N–C) groups is 1. The predicted molar refractivity (Wildman–Crippen MR) is 89.4 cm³/mol. The third-order valence-electron chi connectivity index (χ3n) is 3.67. The molecule has 0 radical (unpaired) electrons. The fourth-order valence-electron chi connectivity index (χ4n) is 2.38. The van der Waals surface area contributed by atoms with Crippen molar-refractivity contribution in [3.8, 4) is 5.69 Å². The number of hydrogen-bond donors (Lipinski definition) is 0. The molecule has 0 unspecified atom stereocenters. The Balaban J connectivity index is 2.08. The molecule has 0 atom stereocenters. The van der Waals surface area contributed by atoms with E-state index in [0.717, 1.165) is 16.9 Å². The minimum Gasteiger partial charge on any atom is -0.283 e. The van der Waals surface area contributed by atoms with E-state index in [1.165, 1.54) is 0 Å². The van der Waals surface area contributed by atoms with Crippen LogP contribution in [0.5, 0.6) is 0 Å². The molecule has 0 spiro atoms. The van der Waals surface area contributed by atoms with E-state index in [4.69, 9.17) is 0 Å². The summed E-state index contributed by atoms with van der Waals surface area (Å²) >= 11 is 0. The van der Waals surface area contributed by atoms with Gasteiger partial charge in [-0.1, -0.05) is 48.5 Å². The van der Waals surface area contributed by atoms with E-state index < -0.39 is 0 Å². The van der Waals surface area contributed by atoms with Crippen LogP contribution < -0.4 is 5.56 Å². The average molecular weight is 291 g/mol. The molecule has 0 fully saturated rings. The summed E-state index contributed by atoms with van der Waals surface area (Å²) in [5.41, 5.74) is 2.99. The van der Waals surface area contributed by atoms with E-state index in [9.17, 15) is 4.79 Å². The maximum absolute atomic E-state index is 12.7. The third kappa shape index (κ3) is 2.51. The van der Waals surface area contributed by atoms with Gasteiger partial charge in [0.1, 0.15) is 0 Å². The summed E-state index contributed by atoms with van der Waals surface area (Å²) in [5, 5.41) is 0. The van der Waals surface area contributed by atoms with Gasteiger partial charge in [-0.3, -0.25) is 9.48 Å². The highest BCUT2D eigenvalue weighted by molar-refractivity contribution is 5.82. The molecule has 0 saturated carbocycles. The monoisotopic (exact) mass is 291 g/mol. The Labute approximate surface area is 129 Å². The zero-order valence-corrected chi connectivity index (χ0v) is 12.6. The van der Waals surface area contributed by atoms with Crippen LogP contribution in [-0.4, -0.2) is 15.6 Å². The fourth-order valence-corrected chi connectivity index (χ4v) is 2.38. The number of aromatic nitrogens is 2. The zero-order valence-electron chi connectivity index (χ0n) is 12.6. The average Bonchev–Trinajstić information content (AvgIpc) is 2.77. The van der Waals surface area contributed by atoms with Crippen molar-refractivity contribution in [2.75, 3.05) is 0 Å². The van der Waals surface area contributed by atoms with Crippen LogP contribution in [0.2, 0.25) is 0 Å². The molecule has 1 heterocycles. The Bertz CT molecular complexity index is 859. The van der Waals surface area contributed by atoms with E-state index in [-0.39, 0.29) is 5.56 Å². The molecule has 0 aliphatic heterocycles. The Morgan fingerprint density at radius 3 is 2.18 bits per heavy atom. The van der Waals surface area contributed by atoms with E-state index in [0.29, 0.717) is 5.69 Å². The Hall–Kier alpha value is -2.88. The minimum atomic E-state index is -0.113. The Morgan fingerprint density at radius 2 is 1.55 bits per heavy atom. The van der Waals surface area contributed by atoms with Gasteiger partial charge in [-0.2, -0.15) is 0 Å². The highest BCUT2D eigenvalue weighted by Gasteiger charge is 2.14. The highest BCUT2D eigenvalue weighted by Crippen LogP contribution is 2.16. The predicted octanol–water partition coefficient (Wildman–Crippen LogP) is 3.24. The van der Waals surface area contributed by atoms with Gasteiger partial charge in [-0.05, 0) is 24.6 Å². The zero-order chi connectivity index (χ0) is 15.5. The smallest absolute Gasteiger partial charge is 0.283 e. The van der Waals surface area contributed by atoms with Gasteiger partial charge in [0.05, 0.1) is 11.4 Å². The molecule has 0 N–H and O–H groups in total. The normalized spacial score (nSPS) is 11.2. The summed E-state index contributed by atoms with van der Waals surface area (Å²) in [6.45, 7) is 1.90. The van der Waals surface area contributed by atoms with Crippen molar-refractivity contribution in [1.82, 2.24) is 9.36 Å². The van der Waals surface area contributed by atoms with Crippen molar-refractivity contribution >= 4 is 11.9 Å². The largest absolute Gasteiger partial charge is 0.297 e. The van der Waals surface area contributed by atoms with Crippen molar-refractivity contribution in [3.05, 3.63) is 82.3 Å². The molecule has 0 aliphatic rings. The van der Waals surface area contributed by atoms with Gasteiger partial charge in [0.15, 0.2) is 5.69 Å². The van der Waals surface area contributed by atoms with Gasteiger partial charge >= 0.3 is 0 Å². The molecule has 2 aromatic carbocycles. The fraction of sp³-hybridized carbons (Fsp3) is 0.111. The number of hydrogen-bond acceptors (Lipinski definition) is 2. The molecule has 0 saturated heterocycles. The topological polar surface area (TPSA) is 39.3 Å². The highest BCUT2D eigenvalue weighted by atomic mass is 16.1. The molecular formula is C18H17N3O. The second-order valence-corrected chi connectivity index (χ2v) is 5.08. The van der Waals surface area contributed by atoms with Crippen LogP contribution in [0, 0.1) is 6.92 Å². The Morgan fingerprint density at radius 1 is 0.955 bits per heavy atom.